The van der Waals surface area contributed by atoms with Crippen LogP contribution in [0.25, 0.3) is 0 Å². The minimum absolute atomic E-state index is 0.0349. The zero-order chi connectivity index (χ0) is 14.5. The Morgan fingerprint density at radius 3 is 2.55 bits per heavy atom. The van der Waals surface area contributed by atoms with Crippen molar-refractivity contribution in [3.63, 3.8) is 0 Å². The molecular formula is C13H23N3O3S. The molecule has 0 radical (unpaired) electrons. The van der Waals surface area contributed by atoms with Crippen LogP contribution in [0.2, 0.25) is 0 Å². The summed E-state index contributed by atoms with van der Waals surface area (Å²) in [6.45, 7) is 6.50. The SMILES string of the molecule is CCC(C(N)=S)N1CCN(C(=O)C2COCCO2)CC1. The number of carbonyl (C=O) groups is 1. The van der Waals surface area contributed by atoms with Crippen molar-refractivity contribution < 1.29 is 14.3 Å². The highest BCUT2D eigenvalue weighted by atomic mass is 32.1. The third-order valence-electron chi connectivity index (χ3n) is 3.87. The molecule has 2 atom stereocenters. The van der Waals surface area contributed by atoms with E-state index in [1.807, 2.05) is 4.90 Å². The van der Waals surface area contributed by atoms with Crippen LogP contribution in [-0.4, -0.2) is 78.8 Å². The van der Waals surface area contributed by atoms with Crippen LogP contribution in [0.1, 0.15) is 13.3 Å². The summed E-state index contributed by atoms with van der Waals surface area (Å²) in [7, 11) is 0. The zero-order valence-corrected chi connectivity index (χ0v) is 12.7. The van der Waals surface area contributed by atoms with Crippen LogP contribution in [0.15, 0.2) is 0 Å². The van der Waals surface area contributed by atoms with Crippen molar-refractivity contribution in [2.75, 3.05) is 46.0 Å². The summed E-state index contributed by atoms with van der Waals surface area (Å²) in [4.78, 5) is 16.9. The highest BCUT2D eigenvalue weighted by molar-refractivity contribution is 7.80. The van der Waals surface area contributed by atoms with Crippen molar-refractivity contribution in [3.8, 4) is 0 Å². The van der Waals surface area contributed by atoms with E-state index in [4.69, 9.17) is 27.4 Å². The molecule has 0 saturated carbocycles. The second-order valence-electron chi connectivity index (χ2n) is 5.12. The molecule has 20 heavy (non-hydrogen) atoms. The highest BCUT2D eigenvalue weighted by Gasteiger charge is 2.31. The molecule has 7 heteroatoms. The van der Waals surface area contributed by atoms with Gasteiger partial charge in [0.25, 0.3) is 5.91 Å². The normalized spacial score (nSPS) is 26.2. The van der Waals surface area contributed by atoms with E-state index in [9.17, 15) is 4.79 Å². The van der Waals surface area contributed by atoms with Gasteiger partial charge >= 0.3 is 0 Å². The number of hydrogen-bond acceptors (Lipinski definition) is 5. The minimum atomic E-state index is -0.437. The summed E-state index contributed by atoms with van der Waals surface area (Å²) in [5.74, 6) is 0.0349. The summed E-state index contributed by atoms with van der Waals surface area (Å²) in [5, 5.41) is 0. The molecule has 0 aromatic carbocycles. The number of ether oxygens (including phenoxy) is 2. The maximum atomic E-state index is 12.3. The van der Waals surface area contributed by atoms with Crippen LogP contribution >= 0.6 is 12.2 Å². The van der Waals surface area contributed by atoms with Crippen molar-refractivity contribution in [2.24, 2.45) is 5.73 Å². The molecule has 0 aliphatic carbocycles. The maximum absolute atomic E-state index is 12.3. The van der Waals surface area contributed by atoms with Gasteiger partial charge in [-0.15, -0.1) is 0 Å². The van der Waals surface area contributed by atoms with Crippen molar-refractivity contribution in [3.05, 3.63) is 0 Å². The molecule has 2 rings (SSSR count). The molecule has 2 N–H and O–H groups in total. The van der Waals surface area contributed by atoms with Gasteiger partial charge in [-0.3, -0.25) is 9.69 Å². The van der Waals surface area contributed by atoms with Gasteiger partial charge in [0.15, 0.2) is 6.10 Å². The van der Waals surface area contributed by atoms with E-state index in [1.165, 1.54) is 0 Å². The van der Waals surface area contributed by atoms with E-state index in [2.05, 4.69) is 11.8 Å². The fraction of sp³-hybridized carbons (Fsp3) is 0.846. The quantitative estimate of drug-likeness (QED) is 0.714. The minimum Gasteiger partial charge on any atom is -0.392 e. The summed E-state index contributed by atoms with van der Waals surface area (Å²) in [6.07, 6.45) is 0.468. The van der Waals surface area contributed by atoms with Crippen LogP contribution in [0.4, 0.5) is 0 Å². The Labute approximate surface area is 125 Å². The van der Waals surface area contributed by atoms with E-state index >= 15 is 0 Å². The first-order valence-electron chi connectivity index (χ1n) is 7.15. The predicted molar refractivity (Wildman–Crippen MR) is 79.6 cm³/mol. The second-order valence-corrected chi connectivity index (χ2v) is 5.59. The summed E-state index contributed by atoms with van der Waals surface area (Å²) in [5.41, 5.74) is 5.76. The van der Waals surface area contributed by atoms with Gasteiger partial charge in [0.1, 0.15) is 0 Å². The van der Waals surface area contributed by atoms with Gasteiger partial charge in [-0.1, -0.05) is 19.1 Å². The van der Waals surface area contributed by atoms with E-state index < -0.39 is 6.10 Å². The summed E-state index contributed by atoms with van der Waals surface area (Å²) < 4.78 is 10.7. The smallest absolute Gasteiger partial charge is 0.254 e. The third kappa shape index (κ3) is 3.66. The van der Waals surface area contributed by atoms with Gasteiger partial charge in [0.05, 0.1) is 30.9 Å². The second kappa shape index (κ2) is 7.31. The Morgan fingerprint density at radius 1 is 1.35 bits per heavy atom. The van der Waals surface area contributed by atoms with Crippen molar-refractivity contribution in [2.45, 2.75) is 25.5 Å². The molecule has 114 valence electrons. The number of nitrogens with zero attached hydrogens (tertiary/aromatic N) is 2. The Morgan fingerprint density at radius 2 is 2.05 bits per heavy atom. The van der Waals surface area contributed by atoms with Crippen LogP contribution in [0, 0.1) is 0 Å². The summed E-state index contributed by atoms with van der Waals surface area (Å²) in [6, 6.07) is 0.136. The lowest BCUT2D eigenvalue weighted by atomic mass is 10.1. The first-order chi connectivity index (χ1) is 9.63. The molecule has 1 amide bonds. The van der Waals surface area contributed by atoms with Gasteiger partial charge in [-0.05, 0) is 6.42 Å². The fourth-order valence-electron chi connectivity index (χ4n) is 2.73. The lowest BCUT2D eigenvalue weighted by Crippen LogP contribution is -2.57. The molecule has 2 saturated heterocycles. The first-order valence-corrected chi connectivity index (χ1v) is 7.55. The molecule has 0 bridgehead atoms. The molecular weight excluding hydrogens is 278 g/mol. The third-order valence-corrected chi connectivity index (χ3v) is 4.15. The zero-order valence-electron chi connectivity index (χ0n) is 11.9. The van der Waals surface area contributed by atoms with Crippen molar-refractivity contribution in [1.29, 1.82) is 0 Å². The standard InChI is InChI=1S/C13H23N3O3S/c1-2-10(12(14)20)15-3-5-16(6-4-15)13(17)11-9-18-7-8-19-11/h10-11H,2-9H2,1H3,(H2,14,20). The average molecular weight is 301 g/mol. The molecule has 2 fully saturated rings. The van der Waals surface area contributed by atoms with Crippen LogP contribution in [-0.2, 0) is 14.3 Å². The molecule has 2 unspecified atom stereocenters. The number of rotatable bonds is 4. The van der Waals surface area contributed by atoms with Crippen LogP contribution in [0.5, 0.6) is 0 Å². The largest absolute Gasteiger partial charge is 0.392 e. The number of amides is 1. The van der Waals surface area contributed by atoms with Gasteiger partial charge in [-0.2, -0.15) is 0 Å². The Balaban J connectivity index is 1.84. The van der Waals surface area contributed by atoms with E-state index in [-0.39, 0.29) is 11.9 Å². The average Bonchev–Trinajstić information content (AvgIpc) is 2.48. The molecule has 0 spiro atoms. The predicted octanol–water partition coefficient (Wildman–Crippen LogP) is -0.389. The van der Waals surface area contributed by atoms with Gasteiger partial charge in [0.2, 0.25) is 0 Å². The fourth-order valence-corrected chi connectivity index (χ4v) is 3.04. The van der Waals surface area contributed by atoms with Gasteiger partial charge in [-0.25, -0.2) is 0 Å². The van der Waals surface area contributed by atoms with Crippen LogP contribution < -0.4 is 5.73 Å². The number of hydrogen-bond donors (Lipinski definition) is 1. The Kier molecular flexibility index (Phi) is 5.71. The highest BCUT2D eigenvalue weighted by Crippen LogP contribution is 2.12. The number of nitrogens with two attached hydrogens (primary N) is 1. The Hall–Kier alpha value is -0.760. The molecule has 0 aromatic heterocycles. The monoisotopic (exact) mass is 301 g/mol. The lowest BCUT2D eigenvalue weighted by molar-refractivity contribution is -0.159. The maximum Gasteiger partial charge on any atom is 0.254 e. The number of carbonyl (C=O) groups excluding carboxylic acids is 1. The first kappa shape index (κ1) is 15.6. The summed E-state index contributed by atoms with van der Waals surface area (Å²) >= 11 is 5.10. The van der Waals surface area contributed by atoms with Gasteiger partial charge in [0, 0.05) is 26.2 Å². The Bertz CT molecular complexity index is 353. The van der Waals surface area contributed by atoms with Crippen molar-refractivity contribution in [1.82, 2.24) is 9.80 Å². The van der Waals surface area contributed by atoms with Crippen LogP contribution in [0.3, 0.4) is 0 Å². The molecule has 2 heterocycles. The van der Waals surface area contributed by atoms with Crippen molar-refractivity contribution >= 4 is 23.1 Å². The molecule has 2 aliphatic heterocycles. The molecule has 0 aromatic rings. The number of thiocarbonyl (C=S) groups is 1. The molecule has 6 nitrogen and oxygen atoms in total. The lowest BCUT2D eigenvalue weighted by Gasteiger charge is -2.39. The van der Waals surface area contributed by atoms with Gasteiger partial charge < -0.3 is 20.1 Å². The molecule has 2 aliphatic rings. The van der Waals surface area contributed by atoms with E-state index in [0.717, 1.165) is 19.5 Å². The topological polar surface area (TPSA) is 68.0 Å². The van der Waals surface area contributed by atoms with E-state index in [1.54, 1.807) is 0 Å². The van der Waals surface area contributed by atoms with E-state index in [0.29, 0.717) is 37.9 Å². The number of piperazine rings is 1.